The Morgan fingerprint density at radius 1 is 1.27 bits per heavy atom. The van der Waals surface area contributed by atoms with Crippen molar-refractivity contribution in [3.05, 3.63) is 0 Å². The molecule has 0 saturated heterocycles. The molecule has 0 aromatic rings. The van der Waals surface area contributed by atoms with Gasteiger partial charge in [-0.25, -0.2) is 0 Å². The molecule has 0 spiro atoms. The zero-order valence-electron chi connectivity index (χ0n) is 7.30. The molecule has 1 aliphatic rings. The zero-order valence-corrected chi connectivity index (χ0v) is 7.30. The summed E-state index contributed by atoms with van der Waals surface area (Å²) in [5.74, 6) is 0.373. The predicted molar refractivity (Wildman–Crippen MR) is 43.4 cm³/mol. The van der Waals surface area contributed by atoms with E-state index < -0.39 is 0 Å². The van der Waals surface area contributed by atoms with Crippen molar-refractivity contribution in [3.8, 4) is 0 Å². The van der Waals surface area contributed by atoms with Crippen LogP contribution in [0.5, 0.6) is 0 Å². The van der Waals surface area contributed by atoms with E-state index in [-0.39, 0.29) is 5.54 Å². The van der Waals surface area contributed by atoms with Gasteiger partial charge in [0.05, 0.1) is 13.2 Å². The number of nitrogens with two attached hydrogens (primary N) is 1. The summed E-state index contributed by atoms with van der Waals surface area (Å²) in [6.45, 7) is 1.43. The fourth-order valence-corrected chi connectivity index (χ4v) is 1.33. The Morgan fingerprint density at radius 3 is 2.00 bits per heavy atom. The quantitative estimate of drug-likeness (QED) is 0.631. The van der Waals surface area contributed by atoms with Crippen molar-refractivity contribution >= 4 is 0 Å². The highest BCUT2D eigenvalue weighted by Crippen LogP contribution is 2.39. The zero-order chi connectivity index (χ0) is 8.32. The molecule has 66 valence electrons. The van der Waals surface area contributed by atoms with Crippen LogP contribution in [0.1, 0.15) is 12.8 Å². The first kappa shape index (κ1) is 8.97. The van der Waals surface area contributed by atoms with Crippen LogP contribution in [0.4, 0.5) is 0 Å². The van der Waals surface area contributed by atoms with Crippen LogP contribution in [0, 0.1) is 5.92 Å². The van der Waals surface area contributed by atoms with Crippen LogP contribution in [-0.2, 0) is 9.47 Å². The number of rotatable bonds is 5. The van der Waals surface area contributed by atoms with Crippen molar-refractivity contribution in [3.63, 3.8) is 0 Å². The van der Waals surface area contributed by atoms with E-state index in [0.717, 1.165) is 12.8 Å². The molecule has 1 saturated carbocycles. The normalized spacial score (nSPS) is 20.7. The summed E-state index contributed by atoms with van der Waals surface area (Å²) in [6, 6.07) is 0. The van der Waals surface area contributed by atoms with Crippen LogP contribution in [0.2, 0.25) is 0 Å². The molecular weight excluding hydrogens is 142 g/mol. The third-order valence-electron chi connectivity index (χ3n) is 2.38. The summed E-state index contributed by atoms with van der Waals surface area (Å²) in [4.78, 5) is 0. The van der Waals surface area contributed by atoms with Gasteiger partial charge in [0.25, 0.3) is 0 Å². The van der Waals surface area contributed by atoms with Crippen LogP contribution in [0.15, 0.2) is 0 Å². The first-order valence-corrected chi connectivity index (χ1v) is 3.99. The molecule has 0 atom stereocenters. The number of methoxy groups -OCH3 is 2. The summed E-state index contributed by atoms with van der Waals surface area (Å²) >= 11 is 0. The fraction of sp³-hybridized carbons (Fsp3) is 1.00. The molecule has 1 fully saturated rings. The van der Waals surface area contributed by atoms with Crippen molar-refractivity contribution in [2.45, 2.75) is 18.4 Å². The highest BCUT2D eigenvalue weighted by molar-refractivity contribution is 5.03. The second-order valence-corrected chi connectivity index (χ2v) is 3.34. The lowest BCUT2D eigenvalue weighted by Gasteiger charge is -2.21. The second kappa shape index (κ2) is 3.52. The highest BCUT2D eigenvalue weighted by atomic mass is 16.5. The van der Waals surface area contributed by atoms with E-state index in [0.29, 0.717) is 19.1 Å². The lowest BCUT2D eigenvalue weighted by Crippen LogP contribution is -2.38. The van der Waals surface area contributed by atoms with Gasteiger partial charge in [-0.05, 0) is 12.8 Å². The van der Waals surface area contributed by atoms with Crippen molar-refractivity contribution in [1.82, 2.24) is 0 Å². The lowest BCUT2D eigenvalue weighted by atomic mass is 10.0. The molecule has 0 bridgehead atoms. The molecule has 0 aliphatic heterocycles. The smallest absolute Gasteiger partial charge is 0.0530 e. The summed E-state index contributed by atoms with van der Waals surface area (Å²) < 4.78 is 10.1. The number of hydrogen-bond donors (Lipinski definition) is 1. The van der Waals surface area contributed by atoms with Gasteiger partial charge in [-0.15, -0.1) is 0 Å². The van der Waals surface area contributed by atoms with Crippen molar-refractivity contribution in [1.29, 1.82) is 0 Å². The van der Waals surface area contributed by atoms with Crippen LogP contribution < -0.4 is 5.73 Å². The minimum atomic E-state index is 0.0199. The van der Waals surface area contributed by atoms with Crippen LogP contribution >= 0.6 is 0 Å². The summed E-state index contributed by atoms with van der Waals surface area (Å²) in [5.41, 5.74) is 6.02. The molecular formula is C8H17NO2. The van der Waals surface area contributed by atoms with Gasteiger partial charge in [0.2, 0.25) is 0 Å². The monoisotopic (exact) mass is 159 g/mol. The Labute approximate surface area is 67.9 Å². The van der Waals surface area contributed by atoms with Gasteiger partial charge in [-0.1, -0.05) is 0 Å². The molecule has 1 rings (SSSR count). The van der Waals surface area contributed by atoms with Gasteiger partial charge in [0, 0.05) is 25.7 Å². The van der Waals surface area contributed by atoms with E-state index in [9.17, 15) is 0 Å². The topological polar surface area (TPSA) is 44.5 Å². The maximum atomic E-state index is 6.00. The number of ether oxygens (including phenoxy) is 2. The molecule has 0 unspecified atom stereocenters. The Hall–Kier alpha value is -0.120. The first-order chi connectivity index (χ1) is 5.23. The van der Waals surface area contributed by atoms with Crippen LogP contribution in [-0.4, -0.2) is 33.0 Å². The van der Waals surface area contributed by atoms with Crippen molar-refractivity contribution in [2.24, 2.45) is 11.7 Å². The average Bonchev–Trinajstić information content (AvgIpc) is 2.69. The molecule has 0 heterocycles. The van der Waals surface area contributed by atoms with E-state index in [1.54, 1.807) is 14.2 Å². The fourth-order valence-electron chi connectivity index (χ4n) is 1.33. The average molecular weight is 159 g/mol. The van der Waals surface area contributed by atoms with Gasteiger partial charge >= 0.3 is 0 Å². The Balaban J connectivity index is 2.32. The Bertz CT molecular complexity index is 117. The van der Waals surface area contributed by atoms with Crippen molar-refractivity contribution in [2.75, 3.05) is 27.4 Å². The lowest BCUT2D eigenvalue weighted by molar-refractivity contribution is 0.0669. The SMILES string of the molecule is COCC(COC)C1(N)CC1. The van der Waals surface area contributed by atoms with E-state index >= 15 is 0 Å². The maximum absolute atomic E-state index is 6.00. The predicted octanol–water partition coefficient (Wildman–Crippen LogP) is 0.387. The minimum Gasteiger partial charge on any atom is -0.384 e. The van der Waals surface area contributed by atoms with E-state index in [2.05, 4.69) is 0 Å². The summed E-state index contributed by atoms with van der Waals surface area (Å²) in [6.07, 6.45) is 2.23. The standard InChI is InChI=1S/C8H17NO2/c1-10-5-7(6-11-2)8(9)3-4-8/h7H,3-6,9H2,1-2H3. The van der Waals surface area contributed by atoms with Gasteiger partial charge in [0.15, 0.2) is 0 Å². The molecule has 0 radical (unpaired) electrons. The van der Waals surface area contributed by atoms with Crippen LogP contribution in [0.3, 0.4) is 0 Å². The van der Waals surface area contributed by atoms with Gasteiger partial charge in [-0.3, -0.25) is 0 Å². The molecule has 3 nitrogen and oxygen atoms in total. The molecule has 1 aliphatic carbocycles. The summed E-state index contributed by atoms with van der Waals surface area (Å²) in [5, 5.41) is 0. The van der Waals surface area contributed by atoms with Gasteiger partial charge < -0.3 is 15.2 Å². The first-order valence-electron chi connectivity index (χ1n) is 3.99. The van der Waals surface area contributed by atoms with Gasteiger partial charge in [0.1, 0.15) is 0 Å². The molecule has 3 heteroatoms. The molecule has 0 aromatic heterocycles. The maximum Gasteiger partial charge on any atom is 0.0530 e. The Morgan fingerprint density at radius 2 is 1.73 bits per heavy atom. The third kappa shape index (κ3) is 2.15. The van der Waals surface area contributed by atoms with Crippen molar-refractivity contribution < 1.29 is 9.47 Å². The van der Waals surface area contributed by atoms with E-state index in [1.807, 2.05) is 0 Å². The summed E-state index contributed by atoms with van der Waals surface area (Å²) in [7, 11) is 3.41. The molecule has 11 heavy (non-hydrogen) atoms. The minimum absolute atomic E-state index is 0.0199. The highest BCUT2D eigenvalue weighted by Gasteiger charge is 2.45. The number of hydrogen-bond acceptors (Lipinski definition) is 3. The van der Waals surface area contributed by atoms with E-state index in [4.69, 9.17) is 15.2 Å². The van der Waals surface area contributed by atoms with Crippen LogP contribution in [0.25, 0.3) is 0 Å². The molecule has 2 N–H and O–H groups in total. The van der Waals surface area contributed by atoms with Gasteiger partial charge in [-0.2, -0.15) is 0 Å². The Kier molecular flexibility index (Phi) is 2.87. The second-order valence-electron chi connectivity index (χ2n) is 3.34. The largest absolute Gasteiger partial charge is 0.384 e. The third-order valence-corrected chi connectivity index (χ3v) is 2.38. The van der Waals surface area contributed by atoms with E-state index in [1.165, 1.54) is 0 Å². The molecule has 0 aromatic carbocycles. The molecule has 0 amide bonds.